The second-order valence-corrected chi connectivity index (χ2v) is 4.76. The van der Waals surface area contributed by atoms with Gasteiger partial charge in [-0.05, 0) is 11.6 Å². The molecule has 0 saturated heterocycles. The van der Waals surface area contributed by atoms with Crippen molar-refractivity contribution in [2.75, 3.05) is 0 Å². The van der Waals surface area contributed by atoms with Crippen LogP contribution in [0.3, 0.4) is 0 Å². The minimum absolute atomic E-state index is 0.387. The van der Waals surface area contributed by atoms with Gasteiger partial charge in [-0.2, -0.15) is 5.26 Å². The van der Waals surface area contributed by atoms with Gasteiger partial charge in [0.2, 0.25) is 5.89 Å². The predicted octanol–water partition coefficient (Wildman–Crippen LogP) is 2.85. The van der Waals surface area contributed by atoms with E-state index < -0.39 is 0 Å². The molecule has 1 aromatic heterocycles. The third kappa shape index (κ3) is 2.22. The molecule has 1 aliphatic rings. The van der Waals surface area contributed by atoms with E-state index in [4.69, 9.17) is 4.42 Å². The number of dihydropyridines is 1. The quantitative estimate of drug-likeness (QED) is 0.831. The summed E-state index contributed by atoms with van der Waals surface area (Å²) >= 11 is 4.43. The fourth-order valence-electron chi connectivity index (χ4n) is 2.09. The fourth-order valence-corrected chi connectivity index (χ4v) is 2.42. The van der Waals surface area contributed by atoms with Gasteiger partial charge in [-0.25, -0.2) is 4.98 Å². The Morgan fingerprint density at radius 2 is 2.10 bits per heavy atom. The van der Waals surface area contributed by atoms with Crippen LogP contribution >= 0.6 is 12.6 Å². The highest BCUT2D eigenvalue weighted by Crippen LogP contribution is 2.31. The molecule has 20 heavy (non-hydrogen) atoms. The molecule has 0 saturated carbocycles. The number of aromatic nitrogens is 1. The summed E-state index contributed by atoms with van der Waals surface area (Å²) < 4.78 is 5.29. The van der Waals surface area contributed by atoms with Gasteiger partial charge in [0, 0.05) is 5.57 Å². The average Bonchev–Trinajstić information content (AvgIpc) is 3.01. The maximum atomic E-state index is 9.34. The first kappa shape index (κ1) is 12.6. The molecule has 1 aromatic carbocycles. The van der Waals surface area contributed by atoms with Crippen LogP contribution in [-0.2, 0) is 0 Å². The van der Waals surface area contributed by atoms with Crippen LogP contribution in [0.15, 0.2) is 58.9 Å². The van der Waals surface area contributed by atoms with E-state index in [0.717, 1.165) is 11.1 Å². The van der Waals surface area contributed by atoms with Gasteiger partial charge in [-0.1, -0.05) is 30.3 Å². The lowest BCUT2D eigenvalue weighted by molar-refractivity contribution is 0.535. The topological polar surface area (TPSA) is 61.9 Å². The number of hydrogen-bond acceptors (Lipinski definition) is 5. The Bertz CT molecular complexity index is 711. The van der Waals surface area contributed by atoms with E-state index in [0.29, 0.717) is 17.2 Å². The number of rotatable bonds is 2. The molecule has 1 aliphatic heterocycles. The highest BCUT2D eigenvalue weighted by atomic mass is 32.1. The first-order valence-corrected chi connectivity index (χ1v) is 6.57. The van der Waals surface area contributed by atoms with Gasteiger partial charge < -0.3 is 9.73 Å². The van der Waals surface area contributed by atoms with Crippen LogP contribution in [0.1, 0.15) is 11.5 Å². The molecular formula is C15H11N3OS. The van der Waals surface area contributed by atoms with Crippen LogP contribution < -0.4 is 5.32 Å². The fraction of sp³-hybridized carbons (Fsp3) is 0.0667. The summed E-state index contributed by atoms with van der Waals surface area (Å²) in [5.74, 6) is 0.481. The van der Waals surface area contributed by atoms with Gasteiger partial charge in [0.1, 0.15) is 11.6 Å². The maximum absolute atomic E-state index is 9.34. The van der Waals surface area contributed by atoms with Crippen molar-refractivity contribution in [3.8, 4) is 6.07 Å². The second kappa shape index (κ2) is 5.27. The summed E-state index contributed by atoms with van der Waals surface area (Å²) in [5.41, 5.74) is 3.09. The Hall–Kier alpha value is -2.45. The minimum atomic E-state index is -0.387. The maximum Gasteiger partial charge on any atom is 0.242 e. The molecule has 0 radical (unpaired) electrons. The third-order valence-electron chi connectivity index (χ3n) is 3.01. The highest BCUT2D eigenvalue weighted by molar-refractivity contribution is 7.81. The van der Waals surface area contributed by atoms with Gasteiger partial charge in [0.05, 0.1) is 23.5 Å². The number of oxazole rings is 1. The Balaban J connectivity index is 2.14. The SMILES string of the molecule is N#CC1=C(c2ccccc2)C=C(c2ncco2)NC1S. The number of nitrogens with zero attached hydrogens (tertiary/aromatic N) is 2. The molecule has 98 valence electrons. The molecule has 5 heteroatoms. The van der Waals surface area contributed by atoms with Crippen LogP contribution in [-0.4, -0.2) is 10.4 Å². The number of nitriles is 1. The van der Waals surface area contributed by atoms with Crippen molar-refractivity contribution in [2.24, 2.45) is 0 Å². The van der Waals surface area contributed by atoms with Crippen LogP contribution in [0.5, 0.6) is 0 Å². The van der Waals surface area contributed by atoms with E-state index in [2.05, 4.69) is 29.0 Å². The molecule has 0 fully saturated rings. The van der Waals surface area contributed by atoms with E-state index in [1.165, 1.54) is 6.26 Å². The molecule has 0 bridgehead atoms. The van der Waals surface area contributed by atoms with Crippen molar-refractivity contribution in [3.05, 3.63) is 65.9 Å². The highest BCUT2D eigenvalue weighted by Gasteiger charge is 2.23. The van der Waals surface area contributed by atoms with Crippen LogP contribution in [0.4, 0.5) is 0 Å². The van der Waals surface area contributed by atoms with Crippen molar-refractivity contribution in [2.45, 2.75) is 5.37 Å². The largest absolute Gasteiger partial charge is 0.443 e. The lowest BCUT2D eigenvalue weighted by atomic mass is 9.96. The second-order valence-electron chi connectivity index (χ2n) is 4.25. The van der Waals surface area contributed by atoms with Crippen molar-refractivity contribution >= 4 is 23.9 Å². The number of hydrogen-bond donors (Lipinski definition) is 2. The number of thiol groups is 1. The smallest absolute Gasteiger partial charge is 0.242 e. The zero-order valence-electron chi connectivity index (χ0n) is 10.4. The molecule has 2 heterocycles. The normalized spacial score (nSPS) is 18.2. The van der Waals surface area contributed by atoms with Crippen LogP contribution in [0.25, 0.3) is 11.3 Å². The van der Waals surface area contributed by atoms with Gasteiger partial charge in [0.25, 0.3) is 0 Å². The summed E-state index contributed by atoms with van der Waals surface area (Å²) in [5, 5.41) is 12.1. The van der Waals surface area contributed by atoms with Crippen molar-refractivity contribution in [1.82, 2.24) is 10.3 Å². The predicted molar refractivity (Wildman–Crippen MR) is 79.4 cm³/mol. The van der Waals surface area contributed by atoms with Crippen molar-refractivity contribution in [3.63, 3.8) is 0 Å². The zero-order chi connectivity index (χ0) is 13.9. The summed E-state index contributed by atoms with van der Waals surface area (Å²) in [6.45, 7) is 0. The molecule has 1 atom stereocenters. The molecule has 1 N–H and O–H groups in total. The first-order valence-electron chi connectivity index (χ1n) is 6.05. The number of nitrogens with one attached hydrogen (secondary N) is 1. The Morgan fingerprint density at radius 3 is 2.75 bits per heavy atom. The standard InChI is InChI=1S/C15H11N3OS/c16-9-12-11(10-4-2-1-3-5-10)8-13(18-15(12)20)14-17-6-7-19-14/h1-8,15,18,20H. The van der Waals surface area contributed by atoms with Gasteiger partial charge in [-0.15, -0.1) is 12.6 Å². The lowest BCUT2D eigenvalue weighted by Crippen LogP contribution is -2.28. The molecule has 1 unspecified atom stereocenters. The van der Waals surface area contributed by atoms with E-state index in [9.17, 15) is 5.26 Å². The molecule has 0 aliphatic carbocycles. The Morgan fingerprint density at radius 1 is 1.30 bits per heavy atom. The Kier molecular flexibility index (Phi) is 3.32. The Labute approximate surface area is 121 Å². The summed E-state index contributed by atoms with van der Waals surface area (Å²) in [6.07, 6.45) is 4.96. The average molecular weight is 281 g/mol. The van der Waals surface area contributed by atoms with E-state index >= 15 is 0 Å². The van der Waals surface area contributed by atoms with Gasteiger partial charge >= 0.3 is 0 Å². The van der Waals surface area contributed by atoms with E-state index in [1.807, 2.05) is 36.4 Å². The van der Waals surface area contributed by atoms with E-state index in [1.54, 1.807) is 6.20 Å². The first-order chi connectivity index (χ1) is 9.79. The molecule has 2 aromatic rings. The molecule has 4 nitrogen and oxygen atoms in total. The molecule has 0 spiro atoms. The number of benzene rings is 1. The van der Waals surface area contributed by atoms with E-state index in [-0.39, 0.29) is 5.37 Å². The molecule has 0 amide bonds. The monoisotopic (exact) mass is 281 g/mol. The van der Waals surface area contributed by atoms with Crippen molar-refractivity contribution in [1.29, 1.82) is 5.26 Å². The number of allylic oxidation sites excluding steroid dienone is 2. The van der Waals surface area contributed by atoms with Gasteiger partial charge in [0.15, 0.2) is 0 Å². The van der Waals surface area contributed by atoms with Crippen LogP contribution in [0.2, 0.25) is 0 Å². The molecular weight excluding hydrogens is 270 g/mol. The van der Waals surface area contributed by atoms with Gasteiger partial charge in [-0.3, -0.25) is 0 Å². The minimum Gasteiger partial charge on any atom is -0.443 e. The summed E-state index contributed by atoms with van der Waals surface area (Å²) in [4.78, 5) is 4.12. The molecule has 3 rings (SSSR count). The third-order valence-corrected chi connectivity index (χ3v) is 3.40. The lowest BCUT2D eigenvalue weighted by Gasteiger charge is -2.22. The van der Waals surface area contributed by atoms with Crippen molar-refractivity contribution < 1.29 is 4.42 Å². The zero-order valence-corrected chi connectivity index (χ0v) is 11.3. The summed E-state index contributed by atoms with van der Waals surface area (Å²) in [7, 11) is 0. The van der Waals surface area contributed by atoms with Crippen LogP contribution in [0, 0.1) is 11.3 Å². The summed E-state index contributed by atoms with van der Waals surface area (Å²) in [6, 6.07) is 11.9.